The van der Waals surface area contributed by atoms with E-state index in [9.17, 15) is 19.5 Å². The SMILES string of the molecule is O=C(O)C1CN(C(=O)C2CCCN(C(=O)N3CCCC3)C2)CC1c1ccccc1. The molecule has 0 aliphatic carbocycles. The number of carboxylic acids is 1. The van der Waals surface area contributed by atoms with Gasteiger partial charge in [-0.05, 0) is 31.2 Å². The second kappa shape index (κ2) is 8.43. The van der Waals surface area contributed by atoms with Crippen LogP contribution >= 0.6 is 0 Å². The average molecular weight is 399 g/mol. The minimum absolute atomic E-state index is 0.00592. The zero-order chi connectivity index (χ0) is 20.4. The number of nitrogens with zero attached hydrogens (tertiary/aromatic N) is 3. The standard InChI is InChI=1S/C22H29N3O4/c26-20(17-9-6-12-24(13-17)22(29)23-10-4-5-11-23)25-14-18(19(15-25)21(27)28)16-7-2-1-3-8-16/h1-3,7-8,17-19H,4-6,9-15H2,(H,27,28). The van der Waals surface area contributed by atoms with Crippen molar-refractivity contribution in [1.82, 2.24) is 14.7 Å². The van der Waals surface area contributed by atoms with Gasteiger partial charge in [-0.1, -0.05) is 30.3 Å². The summed E-state index contributed by atoms with van der Waals surface area (Å²) < 4.78 is 0. The van der Waals surface area contributed by atoms with Crippen molar-refractivity contribution >= 4 is 17.9 Å². The van der Waals surface area contributed by atoms with Gasteiger partial charge in [0.1, 0.15) is 0 Å². The zero-order valence-corrected chi connectivity index (χ0v) is 16.7. The fraction of sp³-hybridized carbons (Fsp3) is 0.591. The van der Waals surface area contributed by atoms with Gasteiger partial charge in [-0.3, -0.25) is 9.59 Å². The van der Waals surface area contributed by atoms with E-state index in [-0.39, 0.29) is 30.3 Å². The van der Waals surface area contributed by atoms with Crippen LogP contribution in [0.5, 0.6) is 0 Å². The summed E-state index contributed by atoms with van der Waals surface area (Å²) in [4.78, 5) is 43.2. The minimum atomic E-state index is -0.858. The number of likely N-dealkylation sites (tertiary alicyclic amines) is 3. The normalized spacial score (nSPS) is 27.3. The Morgan fingerprint density at radius 2 is 1.52 bits per heavy atom. The fourth-order valence-corrected chi connectivity index (χ4v) is 4.99. The van der Waals surface area contributed by atoms with Crippen molar-refractivity contribution in [2.45, 2.75) is 31.6 Å². The van der Waals surface area contributed by atoms with Crippen LogP contribution in [0.15, 0.2) is 30.3 Å². The van der Waals surface area contributed by atoms with Crippen molar-refractivity contribution in [3.05, 3.63) is 35.9 Å². The number of benzene rings is 1. The van der Waals surface area contributed by atoms with Gasteiger partial charge in [0.2, 0.25) is 5.91 Å². The van der Waals surface area contributed by atoms with Gasteiger partial charge in [-0.2, -0.15) is 0 Å². The van der Waals surface area contributed by atoms with E-state index in [1.807, 2.05) is 40.1 Å². The Bertz CT molecular complexity index is 763. The van der Waals surface area contributed by atoms with Gasteiger partial charge in [0.05, 0.1) is 11.8 Å². The number of carbonyl (C=O) groups excluding carboxylic acids is 2. The van der Waals surface area contributed by atoms with E-state index in [2.05, 4.69) is 0 Å². The highest BCUT2D eigenvalue weighted by Crippen LogP contribution is 2.34. The number of urea groups is 1. The van der Waals surface area contributed by atoms with Crippen LogP contribution in [0.25, 0.3) is 0 Å². The fourth-order valence-electron chi connectivity index (χ4n) is 4.99. The quantitative estimate of drug-likeness (QED) is 0.845. The van der Waals surface area contributed by atoms with Crippen LogP contribution in [-0.4, -0.2) is 77.0 Å². The Kier molecular flexibility index (Phi) is 5.74. The molecule has 3 saturated heterocycles. The summed E-state index contributed by atoms with van der Waals surface area (Å²) in [7, 11) is 0. The predicted octanol–water partition coefficient (Wildman–Crippen LogP) is 2.24. The molecule has 3 atom stereocenters. The van der Waals surface area contributed by atoms with Crippen LogP contribution in [0.1, 0.15) is 37.2 Å². The van der Waals surface area contributed by atoms with Crippen molar-refractivity contribution < 1.29 is 19.5 Å². The molecular formula is C22H29N3O4. The number of carbonyl (C=O) groups is 3. The molecule has 1 aromatic carbocycles. The molecule has 29 heavy (non-hydrogen) atoms. The van der Waals surface area contributed by atoms with Gasteiger partial charge in [0.15, 0.2) is 0 Å². The smallest absolute Gasteiger partial charge is 0.320 e. The van der Waals surface area contributed by atoms with Gasteiger partial charge < -0.3 is 19.8 Å². The molecule has 3 fully saturated rings. The molecule has 0 radical (unpaired) electrons. The Hall–Kier alpha value is -2.57. The first-order chi connectivity index (χ1) is 14.0. The molecule has 0 saturated carbocycles. The summed E-state index contributed by atoms with van der Waals surface area (Å²) in [6.07, 6.45) is 3.67. The highest BCUT2D eigenvalue weighted by atomic mass is 16.4. The van der Waals surface area contributed by atoms with Crippen LogP contribution in [-0.2, 0) is 9.59 Å². The monoisotopic (exact) mass is 399 g/mol. The summed E-state index contributed by atoms with van der Waals surface area (Å²) in [5, 5.41) is 9.69. The third-order valence-electron chi connectivity index (χ3n) is 6.59. The van der Waals surface area contributed by atoms with E-state index in [1.54, 1.807) is 4.90 Å². The van der Waals surface area contributed by atoms with E-state index in [1.165, 1.54) is 0 Å². The molecule has 3 unspecified atom stereocenters. The maximum absolute atomic E-state index is 13.2. The first kappa shape index (κ1) is 19.7. The maximum Gasteiger partial charge on any atom is 0.320 e. The van der Waals surface area contributed by atoms with Crippen molar-refractivity contribution in [2.75, 3.05) is 39.3 Å². The number of aliphatic carboxylic acids is 1. The number of piperidine rings is 1. The summed E-state index contributed by atoms with van der Waals surface area (Å²) >= 11 is 0. The molecule has 0 spiro atoms. The highest BCUT2D eigenvalue weighted by Gasteiger charge is 2.43. The van der Waals surface area contributed by atoms with Crippen molar-refractivity contribution in [3.63, 3.8) is 0 Å². The second-order valence-corrected chi connectivity index (χ2v) is 8.47. The highest BCUT2D eigenvalue weighted by molar-refractivity contribution is 5.83. The van der Waals surface area contributed by atoms with Crippen molar-refractivity contribution in [1.29, 1.82) is 0 Å². The third kappa shape index (κ3) is 4.09. The Morgan fingerprint density at radius 1 is 0.828 bits per heavy atom. The van der Waals surface area contributed by atoms with Gasteiger partial charge in [-0.25, -0.2) is 4.79 Å². The molecule has 1 N–H and O–H groups in total. The summed E-state index contributed by atoms with van der Waals surface area (Å²) in [6, 6.07) is 9.64. The van der Waals surface area contributed by atoms with Crippen LogP contribution in [0.3, 0.4) is 0 Å². The lowest BCUT2D eigenvalue weighted by molar-refractivity contribution is -0.142. The predicted molar refractivity (Wildman–Crippen MR) is 107 cm³/mol. The van der Waals surface area contributed by atoms with E-state index >= 15 is 0 Å². The summed E-state index contributed by atoms with van der Waals surface area (Å²) in [5.74, 6) is -1.88. The van der Waals surface area contributed by atoms with Gasteiger partial charge in [-0.15, -0.1) is 0 Å². The lowest BCUT2D eigenvalue weighted by Crippen LogP contribution is -2.50. The van der Waals surface area contributed by atoms with Gasteiger partial charge in [0.25, 0.3) is 0 Å². The molecule has 7 nitrogen and oxygen atoms in total. The van der Waals surface area contributed by atoms with Crippen LogP contribution in [0, 0.1) is 11.8 Å². The first-order valence-corrected chi connectivity index (χ1v) is 10.6. The number of carboxylic acid groups (broad SMARTS) is 1. The first-order valence-electron chi connectivity index (χ1n) is 10.6. The van der Waals surface area contributed by atoms with Crippen molar-refractivity contribution in [3.8, 4) is 0 Å². The average Bonchev–Trinajstić information content (AvgIpc) is 3.44. The van der Waals surface area contributed by atoms with Gasteiger partial charge >= 0.3 is 12.0 Å². The number of hydrogen-bond donors (Lipinski definition) is 1. The van der Waals surface area contributed by atoms with E-state index < -0.39 is 11.9 Å². The van der Waals surface area contributed by atoms with Crippen LogP contribution in [0.2, 0.25) is 0 Å². The molecule has 0 aromatic heterocycles. The maximum atomic E-state index is 13.2. The second-order valence-electron chi connectivity index (χ2n) is 8.47. The Labute approximate surface area is 171 Å². The largest absolute Gasteiger partial charge is 0.481 e. The summed E-state index contributed by atoms with van der Waals surface area (Å²) in [6.45, 7) is 3.42. The number of hydrogen-bond acceptors (Lipinski definition) is 3. The number of rotatable bonds is 3. The van der Waals surface area contributed by atoms with E-state index in [0.29, 0.717) is 19.6 Å². The molecule has 0 bridgehead atoms. The molecule has 3 aliphatic heterocycles. The molecule has 1 aromatic rings. The third-order valence-corrected chi connectivity index (χ3v) is 6.59. The molecule has 3 amide bonds. The Balaban J connectivity index is 1.43. The number of amides is 3. The topological polar surface area (TPSA) is 81.2 Å². The molecule has 7 heteroatoms. The van der Waals surface area contributed by atoms with Crippen LogP contribution in [0.4, 0.5) is 4.79 Å². The molecule has 156 valence electrons. The van der Waals surface area contributed by atoms with E-state index in [4.69, 9.17) is 0 Å². The minimum Gasteiger partial charge on any atom is -0.481 e. The van der Waals surface area contributed by atoms with Crippen LogP contribution < -0.4 is 0 Å². The van der Waals surface area contributed by atoms with Gasteiger partial charge in [0, 0.05) is 45.2 Å². The molecule has 3 heterocycles. The lowest BCUT2D eigenvalue weighted by Gasteiger charge is -2.36. The molecule has 3 aliphatic rings. The van der Waals surface area contributed by atoms with Crippen molar-refractivity contribution in [2.24, 2.45) is 11.8 Å². The molecule has 4 rings (SSSR count). The van der Waals surface area contributed by atoms with E-state index in [0.717, 1.165) is 44.3 Å². The lowest BCUT2D eigenvalue weighted by atomic mass is 9.89. The zero-order valence-electron chi connectivity index (χ0n) is 16.7. The molecular weight excluding hydrogens is 370 g/mol. The Morgan fingerprint density at radius 3 is 2.21 bits per heavy atom. The summed E-state index contributed by atoms with van der Waals surface area (Å²) in [5.41, 5.74) is 0.963.